The number of carbonyl (C=O) groups is 1. The van der Waals surface area contributed by atoms with E-state index in [-0.39, 0.29) is 6.04 Å². The lowest BCUT2D eigenvalue weighted by Crippen LogP contribution is -2.18. The number of nitrogens with zero attached hydrogens (tertiary/aromatic N) is 1. The molecule has 82 valence electrons. The van der Waals surface area contributed by atoms with Gasteiger partial charge >= 0.3 is 6.09 Å². The Balaban J connectivity index is 2.87. The van der Waals surface area contributed by atoms with Crippen LogP contribution in [-0.2, 0) is 0 Å². The van der Waals surface area contributed by atoms with Crippen molar-refractivity contribution in [1.29, 1.82) is 0 Å². The molecule has 0 aliphatic rings. The molecular weight excluding hydrogens is 192 g/mol. The van der Waals surface area contributed by atoms with Crippen LogP contribution in [-0.4, -0.2) is 25.1 Å². The Morgan fingerprint density at radius 3 is 2.67 bits per heavy atom. The molecule has 1 unspecified atom stereocenters. The largest absolute Gasteiger partial charge is 0.410 e. The summed E-state index contributed by atoms with van der Waals surface area (Å²) in [7, 11) is 3.98. The molecule has 1 aromatic carbocycles. The summed E-state index contributed by atoms with van der Waals surface area (Å²) in [6, 6.07) is 7.61. The highest BCUT2D eigenvalue weighted by atomic mass is 16.5. The van der Waals surface area contributed by atoms with Crippen LogP contribution in [0.1, 0.15) is 18.5 Å². The zero-order valence-corrected chi connectivity index (χ0v) is 9.23. The molecule has 0 fully saturated rings. The monoisotopic (exact) mass is 208 g/mol. The molecule has 15 heavy (non-hydrogen) atoms. The van der Waals surface area contributed by atoms with Crippen molar-refractivity contribution < 1.29 is 9.53 Å². The van der Waals surface area contributed by atoms with E-state index in [1.807, 2.05) is 32.3 Å². The van der Waals surface area contributed by atoms with Crippen LogP contribution in [0.4, 0.5) is 4.79 Å². The Bertz CT molecular complexity index is 350. The molecule has 0 saturated heterocycles. The van der Waals surface area contributed by atoms with Crippen molar-refractivity contribution in [2.24, 2.45) is 5.73 Å². The Hall–Kier alpha value is -1.55. The molecule has 0 aromatic heterocycles. The van der Waals surface area contributed by atoms with E-state index in [1.54, 1.807) is 6.07 Å². The predicted molar refractivity (Wildman–Crippen MR) is 58.8 cm³/mol. The van der Waals surface area contributed by atoms with E-state index in [0.29, 0.717) is 5.75 Å². The van der Waals surface area contributed by atoms with Crippen LogP contribution in [0.3, 0.4) is 0 Å². The third-order valence-corrected chi connectivity index (χ3v) is 2.33. The van der Waals surface area contributed by atoms with Crippen molar-refractivity contribution in [3.05, 3.63) is 29.8 Å². The molecule has 0 spiro atoms. The Morgan fingerprint density at radius 2 is 2.13 bits per heavy atom. The molecule has 1 rings (SSSR count). The van der Waals surface area contributed by atoms with Gasteiger partial charge in [0.05, 0.1) is 0 Å². The first kappa shape index (κ1) is 11.5. The van der Waals surface area contributed by atoms with Gasteiger partial charge in [0.1, 0.15) is 5.75 Å². The van der Waals surface area contributed by atoms with Crippen molar-refractivity contribution in [2.75, 3.05) is 14.1 Å². The van der Waals surface area contributed by atoms with Gasteiger partial charge in [-0.25, -0.2) is 4.79 Å². The Labute approximate surface area is 89.6 Å². The van der Waals surface area contributed by atoms with Crippen molar-refractivity contribution in [3.8, 4) is 5.75 Å². The summed E-state index contributed by atoms with van der Waals surface area (Å²) in [4.78, 5) is 12.6. The number of primary amides is 1. The quantitative estimate of drug-likeness (QED) is 0.823. The van der Waals surface area contributed by atoms with Gasteiger partial charge in [-0.3, -0.25) is 0 Å². The lowest BCUT2D eigenvalue weighted by atomic mass is 10.1. The standard InChI is InChI=1S/C11H16N2O2/c1-8(13(2)3)9-5-4-6-10(7-9)15-11(12)14/h4-8H,1-3H3,(H2,12,14). The minimum atomic E-state index is -0.787. The average Bonchev–Trinajstić information content (AvgIpc) is 2.16. The Kier molecular flexibility index (Phi) is 3.68. The van der Waals surface area contributed by atoms with E-state index in [9.17, 15) is 4.79 Å². The molecule has 1 atom stereocenters. The van der Waals surface area contributed by atoms with E-state index in [1.165, 1.54) is 0 Å². The topological polar surface area (TPSA) is 55.6 Å². The summed E-state index contributed by atoms with van der Waals surface area (Å²) in [6.07, 6.45) is -0.787. The zero-order chi connectivity index (χ0) is 11.4. The van der Waals surface area contributed by atoms with Crippen molar-refractivity contribution in [3.63, 3.8) is 0 Å². The summed E-state index contributed by atoms with van der Waals surface area (Å²) in [5, 5.41) is 0. The first-order valence-electron chi connectivity index (χ1n) is 4.74. The smallest absolute Gasteiger partial charge is 0.409 e. The number of benzene rings is 1. The molecule has 4 nitrogen and oxygen atoms in total. The van der Waals surface area contributed by atoms with Crippen LogP contribution in [0.2, 0.25) is 0 Å². The molecule has 0 bridgehead atoms. The number of hydrogen-bond donors (Lipinski definition) is 1. The third-order valence-electron chi connectivity index (χ3n) is 2.33. The summed E-state index contributed by atoms with van der Waals surface area (Å²) in [6.45, 7) is 2.07. The van der Waals surface area contributed by atoms with Crippen LogP contribution in [0.15, 0.2) is 24.3 Å². The van der Waals surface area contributed by atoms with Gasteiger partial charge in [0.2, 0.25) is 0 Å². The number of ether oxygens (including phenoxy) is 1. The minimum absolute atomic E-state index is 0.265. The SMILES string of the molecule is CC(c1cccc(OC(N)=O)c1)N(C)C. The van der Waals surface area contributed by atoms with Gasteiger partial charge in [-0.2, -0.15) is 0 Å². The van der Waals surface area contributed by atoms with Gasteiger partial charge in [-0.1, -0.05) is 12.1 Å². The summed E-state index contributed by atoms with van der Waals surface area (Å²) >= 11 is 0. The minimum Gasteiger partial charge on any atom is -0.410 e. The molecule has 0 radical (unpaired) electrons. The van der Waals surface area contributed by atoms with E-state index >= 15 is 0 Å². The summed E-state index contributed by atoms with van der Waals surface area (Å²) < 4.78 is 4.81. The van der Waals surface area contributed by atoms with Gasteiger partial charge in [0.25, 0.3) is 0 Å². The second-order valence-corrected chi connectivity index (χ2v) is 3.63. The summed E-state index contributed by atoms with van der Waals surface area (Å²) in [5.74, 6) is 0.480. The van der Waals surface area contributed by atoms with Gasteiger partial charge < -0.3 is 15.4 Å². The van der Waals surface area contributed by atoms with Gasteiger partial charge in [0.15, 0.2) is 0 Å². The lowest BCUT2D eigenvalue weighted by molar-refractivity contribution is 0.210. The van der Waals surface area contributed by atoms with Crippen molar-refractivity contribution in [1.82, 2.24) is 4.90 Å². The third kappa shape index (κ3) is 3.25. The van der Waals surface area contributed by atoms with E-state index < -0.39 is 6.09 Å². The fourth-order valence-electron chi connectivity index (χ4n) is 1.25. The molecular formula is C11H16N2O2. The molecule has 0 saturated carbocycles. The molecule has 0 aliphatic heterocycles. The maximum absolute atomic E-state index is 10.6. The zero-order valence-electron chi connectivity index (χ0n) is 9.23. The van der Waals surface area contributed by atoms with Crippen molar-refractivity contribution >= 4 is 6.09 Å². The van der Waals surface area contributed by atoms with E-state index in [0.717, 1.165) is 5.56 Å². The van der Waals surface area contributed by atoms with Crippen molar-refractivity contribution in [2.45, 2.75) is 13.0 Å². The molecule has 0 aliphatic carbocycles. The van der Waals surface area contributed by atoms with Gasteiger partial charge in [0, 0.05) is 6.04 Å². The fourth-order valence-corrected chi connectivity index (χ4v) is 1.25. The Morgan fingerprint density at radius 1 is 1.47 bits per heavy atom. The van der Waals surface area contributed by atoms with E-state index in [2.05, 4.69) is 11.8 Å². The van der Waals surface area contributed by atoms with Crippen LogP contribution in [0.25, 0.3) is 0 Å². The highest BCUT2D eigenvalue weighted by Gasteiger charge is 2.08. The average molecular weight is 208 g/mol. The van der Waals surface area contributed by atoms with Crippen LogP contribution in [0.5, 0.6) is 5.75 Å². The predicted octanol–water partition coefficient (Wildman–Crippen LogP) is 1.77. The highest BCUT2D eigenvalue weighted by molar-refractivity contribution is 5.68. The number of rotatable bonds is 3. The number of amides is 1. The van der Waals surface area contributed by atoms with Gasteiger partial charge in [-0.05, 0) is 38.7 Å². The maximum Gasteiger partial charge on any atom is 0.409 e. The molecule has 2 N–H and O–H groups in total. The van der Waals surface area contributed by atoms with Crippen LogP contribution < -0.4 is 10.5 Å². The molecule has 4 heteroatoms. The second kappa shape index (κ2) is 4.79. The first-order valence-corrected chi connectivity index (χ1v) is 4.74. The molecule has 1 aromatic rings. The lowest BCUT2D eigenvalue weighted by Gasteiger charge is -2.20. The van der Waals surface area contributed by atoms with E-state index in [4.69, 9.17) is 10.5 Å². The number of hydrogen-bond acceptors (Lipinski definition) is 3. The highest BCUT2D eigenvalue weighted by Crippen LogP contribution is 2.21. The molecule has 1 amide bonds. The second-order valence-electron chi connectivity index (χ2n) is 3.63. The van der Waals surface area contributed by atoms with Crippen LogP contribution >= 0.6 is 0 Å². The fraction of sp³-hybridized carbons (Fsp3) is 0.364. The number of carbonyl (C=O) groups excluding carboxylic acids is 1. The van der Waals surface area contributed by atoms with Crippen LogP contribution in [0, 0.1) is 0 Å². The first-order chi connectivity index (χ1) is 7.00. The summed E-state index contributed by atoms with van der Waals surface area (Å²) in [5.41, 5.74) is 6.02. The normalized spacial score (nSPS) is 12.5. The number of nitrogens with two attached hydrogens (primary N) is 1. The maximum atomic E-state index is 10.6. The molecule has 0 heterocycles. The van der Waals surface area contributed by atoms with Gasteiger partial charge in [-0.15, -0.1) is 0 Å².